The van der Waals surface area contributed by atoms with E-state index < -0.39 is 0 Å². The van der Waals surface area contributed by atoms with E-state index in [2.05, 4.69) is 17.0 Å². The minimum atomic E-state index is -0.321. The molecule has 1 aromatic heterocycles. The Bertz CT molecular complexity index is 1320. The summed E-state index contributed by atoms with van der Waals surface area (Å²) in [5.41, 5.74) is 3.93. The van der Waals surface area contributed by atoms with Crippen LogP contribution in [0.15, 0.2) is 82.0 Å². The van der Waals surface area contributed by atoms with Crippen LogP contribution in [0.3, 0.4) is 0 Å². The fourth-order valence-electron chi connectivity index (χ4n) is 4.88. The molecular formula is C30H30ClNO3. The highest BCUT2D eigenvalue weighted by Gasteiger charge is 2.16. The van der Waals surface area contributed by atoms with Crippen LogP contribution >= 0.6 is 11.6 Å². The van der Waals surface area contributed by atoms with Gasteiger partial charge in [-0.25, -0.2) is 4.79 Å². The number of ether oxygens (including phenoxy) is 1. The molecule has 0 spiro atoms. The molecule has 4 nitrogen and oxygen atoms in total. The van der Waals surface area contributed by atoms with Gasteiger partial charge in [-0.1, -0.05) is 60.5 Å². The summed E-state index contributed by atoms with van der Waals surface area (Å²) in [6.07, 6.45) is 5.48. The van der Waals surface area contributed by atoms with E-state index in [1.807, 2.05) is 48.5 Å². The molecule has 0 N–H and O–H groups in total. The van der Waals surface area contributed by atoms with Gasteiger partial charge in [-0.3, -0.25) is 4.90 Å². The lowest BCUT2D eigenvalue weighted by Crippen LogP contribution is -2.33. The third-order valence-corrected chi connectivity index (χ3v) is 7.02. The van der Waals surface area contributed by atoms with Gasteiger partial charge in [-0.15, -0.1) is 0 Å². The van der Waals surface area contributed by atoms with Crippen molar-refractivity contribution >= 4 is 22.6 Å². The topological polar surface area (TPSA) is 42.7 Å². The molecule has 0 bridgehead atoms. The van der Waals surface area contributed by atoms with Crippen molar-refractivity contribution in [1.29, 1.82) is 0 Å². The lowest BCUT2D eigenvalue weighted by atomic mass is 9.94. The number of hydrogen-bond donors (Lipinski definition) is 0. The van der Waals surface area contributed by atoms with E-state index in [0.29, 0.717) is 16.2 Å². The van der Waals surface area contributed by atoms with E-state index in [1.165, 1.54) is 37.9 Å². The monoisotopic (exact) mass is 487 g/mol. The second kappa shape index (κ2) is 11.1. The Morgan fingerprint density at radius 3 is 2.37 bits per heavy atom. The van der Waals surface area contributed by atoms with Crippen molar-refractivity contribution in [2.24, 2.45) is 0 Å². The van der Waals surface area contributed by atoms with Gasteiger partial charge in [-0.05, 0) is 85.8 Å². The molecule has 0 amide bonds. The number of para-hydroxylation sites is 1. The summed E-state index contributed by atoms with van der Waals surface area (Å²) in [7, 11) is 0. The highest BCUT2D eigenvalue weighted by molar-refractivity contribution is 6.30. The molecule has 5 rings (SSSR count). The Hall–Kier alpha value is -3.08. The van der Waals surface area contributed by atoms with Crippen LogP contribution in [0.5, 0.6) is 5.75 Å². The highest BCUT2D eigenvalue weighted by Crippen LogP contribution is 2.29. The number of piperidine rings is 1. The maximum Gasteiger partial charge on any atom is 0.344 e. The summed E-state index contributed by atoms with van der Waals surface area (Å²) in [6.45, 7) is 4.08. The third-order valence-electron chi connectivity index (χ3n) is 6.77. The van der Waals surface area contributed by atoms with Crippen LogP contribution in [0.4, 0.5) is 0 Å². The number of fused-ring (bicyclic) bond motifs is 1. The predicted molar refractivity (Wildman–Crippen MR) is 143 cm³/mol. The first kappa shape index (κ1) is 23.7. The van der Waals surface area contributed by atoms with Crippen molar-refractivity contribution in [1.82, 2.24) is 4.90 Å². The van der Waals surface area contributed by atoms with E-state index >= 15 is 0 Å². The molecule has 180 valence electrons. The summed E-state index contributed by atoms with van der Waals surface area (Å²) in [4.78, 5) is 15.5. The zero-order valence-corrected chi connectivity index (χ0v) is 20.6. The lowest BCUT2D eigenvalue weighted by Gasteiger charge is -2.26. The van der Waals surface area contributed by atoms with Crippen molar-refractivity contribution in [3.8, 4) is 16.9 Å². The zero-order chi connectivity index (χ0) is 24.0. The Balaban J connectivity index is 1.31. The Kier molecular flexibility index (Phi) is 7.51. The van der Waals surface area contributed by atoms with Gasteiger partial charge in [0.05, 0.1) is 5.56 Å². The first-order chi connectivity index (χ1) is 17.2. The number of rotatable bonds is 8. The van der Waals surface area contributed by atoms with Gasteiger partial charge < -0.3 is 9.15 Å². The van der Waals surface area contributed by atoms with Gasteiger partial charge in [0.1, 0.15) is 17.9 Å². The van der Waals surface area contributed by atoms with Crippen molar-refractivity contribution in [2.45, 2.75) is 32.1 Å². The van der Waals surface area contributed by atoms with E-state index in [4.69, 9.17) is 20.8 Å². The molecule has 1 fully saturated rings. The van der Waals surface area contributed by atoms with Gasteiger partial charge in [-0.2, -0.15) is 0 Å². The highest BCUT2D eigenvalue weighted by atomic mass is 35.5. The van der Waals surface area contributed by atoms with Crippen LogP contribution in [0, 0.1) is 0 Å². The summed E-state index contributed by atoms with van der Waals surface area (Å²) in [6, 6.07) is 23.4. The molecule has 0 aliphatic carbocycles. The van der Waals surface area contributed by atoms with Gasteiger partial charge >= 0.3 is 5.63 Å². The van der Waals surface area contributed by atoms with Crippen LogP contribution in [0.25, 0.3) is 22.1 Å². The first-order valence-corrected chi connectivity index (χ1v) is 12.8. The van der Waals surface area contributed by atoms with E-state index in [1.54, 1.807) is 12.1 Å². The van der Waals surface area contributed by atoms with Crippen molar-refractivity contribution in [3.05, 3.63) is 99.4 Å². The van der Waals surface area contributed by atoms with Crippen LogP contribution in [0.1, 0.15) is 30.4 Å². The second-order valence-electron chi connectivity index (χ2n) is 9.14. The molecule has 0 radical (unpaired) electrons. The Labute approximate surface area is 211 Å². The van der Waals surface area contributed by atoms with Crippen LogP contribution in [-0.4, -0.2) is 31.1 Å². The Morgan fingerprint density at radius 1 is 0.857 bits per heavy atom. The minimum Gasteiger partial charge on any atom is -0.492 e. The van der Waals surface area contributed by atoms with Crippen LogP contribution < -0.4 is 10.4 Å². The van der Waals surface area contributed by atoms with Crippen molar-refractivity contribution < 1.29 is 9.15 Å². The SMILES string of the molecule is O=c1oc2ccccc2c(CCc2ccc(OCCN3CCCCC3)cc2)c1-c1ccc(Cl)cc1. The average molecular weight is 488 g/mol. The molecule has 0 atom stereocenters. The Morgan fingerprint density at radius 2 is 1.60 bits per heavy atom. The molecule has 5 heteroatoms. The zero-order valence-electron chi connectivity index (χ0n) is 19.8. The molecule has 1 aliphatic heterocycles. The number of benzene rings is 3. The van der Waals surface area contributed by atoms with Gasteiger partial charge in [0, 0.05) is 17.0 Å². The van der Waals surface area contributed by atoms with E-state index in [-0.39, 0.29) is 5.63 Å². The molecule has 4 aromatic rings. The smallest absolute Gasteiger partial charge is 0.344 e. The fraction of sp³-hybridized carbons (Fsp3) is 0.300. The quantitative estimate of drug-likeness (QED) is 0.257. The van der Waals surface area contributed by atoms with Crippen LogP contribution in [-0.2, 0) is 12.8 Å². The minimum absolute atomic E-state index is 0.321. The van der Waals surface area contributed by atoms with E-state index in [0.717, 1.165) is 48.3 Å². The van der Waals surface area contributed by atoms with Gasteiger partial charge in [0.15, 0.2) is 0 Å². The number of halogens is 1. The predicted octanol–water partition coefficient (Wildman–Crippen LogP) is 6.76. The summed E-state index contributed by atoms with van der Waals surface area (Å²) < 4.78 is 11.6. The standard InChI is InChI=1S/C30H30ClNO3/c31-24-13-11-23(12-14-24)29-27(26-6-2-3-7-28(26)35-30(29)33)17-10-22-8-15-25(16-9-22)34-21-20-32-18-4-1-5-19-32/h2-3,6-9,11-16H,1,4-5,10,17-21H2. The molecule has 0 saturated carbocycles. The number of hydrogen-bond acceptors (Lipinski definition) is 4. The third kappa shape index (κ3) is 5.77. The lowest BCUT2D eigenvalue weighted by molar-refractivity contribution is 0.183. The number of nitrogens with zero attached hydrogens (tertiary/aromatic N) is 1. The summed E-state index contributed by atoms with van der Waals surface area (Å²) in [5.74, 6) is 0.901. The second-order valence-corrected chi connectivity index (χ2v) is 9.58. The van der Waals surface area contributed by atoms with E-state index in [9.17, 15) is 4.79 Å². The molecule has 1 aliphatic rings. The number of aryl methyl sites for hydroxylation is 2. The molecule has 0 unspecified atom stereocenters. The van der Waals surface area contributed by atoms with Gasteiger partial charge in [0.25, 0.3) is 0 Å². The molecular weight excluding hydrogens is 458 g/mol. The molecule has 35 heavy (non-hydrogen) atoms. The van der Waals surface area contributed by atoms with Crippen molar-refractivity contribution in [2.75, 3.05) is 26.2 Å². The van der Waals surface area contributed by atoms with Crippen molar-refractivity contribution in [3.63, 3.8) is 0 Å². The number of likely N-dealkylation sites (tertiary alicyclic amines) is 1. The molecule has 1 saturated heterocycles. The average Bonchev–Trinajstić information content (AvgIpc) is 2.89. The largest absolute Gasteiger partial charge is 0.492 e. The first-order valence-electron chi connectivity index (χ1n) is 12.4. The van der Waals surface area contributed by atoms with Crippen LogP contribution in [0.2, 0.25) is 5.02 Å². The summed E-state index contributed by atoms with van der Waals surface area (Å²) in [5, 5.41) is 1.61. The maximum atomic E-state index is 13.0. The maximum absolute atomic E-state index is 13.0. The molecule has 2 heterocycles. The van der Waals surface area contributed by atoms with Gasteiger partial charge in [0.2, 0.25) is 0 Å². The fourth-order valence-corrected chi connectivity index (χ4v) is 5.01. The molecule has 3 aromatic carbocycles. The normalized spacial score (nSPS) is 14.3. The summed E-state index contributed by atoms with van der Waals surface area (Å²) >= 11 is 6.08.